The molecule has 0 heterocycles. The van der Waals surface area contributed by atoms with E-state index in [4.69, 9.17) is 16.9 Å². The van der Waals surface area contributed by atoms with Crippen LogP contribution in [0.4, 0.5) is 0 Å². The van der Waals surface area contributed by atoms with Crippen molar-refractivity contribution >= 4 is 11.6 Å². The van der Waals surface area contributed by atoms with Crippen LogP contribution in [-0.4, -0.2) is 23.9 Å². The topological polar surface area (TPSA) is 27.0 Å². The van der Waals surface area contributed by atoms with E-state index in [2.05, 4.69) is 6.19 Å². The first-order valence-corrected chi connectivity index (χ1v) is 4.50. The zero-order valence-electron chi connectivity index (χ0n) is 6.76. The first kappa shape index (κ1) is 8.67. The highest BCUT2D eigenvalue weighted by Crippen LogP contribution is 2.28. The van der Waals surface area contributed by atoms with E-state index >= 15 is 0 Å². The SMILES string of the molecule is CN(C#N)C1CCC(CCl)C1. The van der Waals surface area contributed by atoms with Crippen LogP contribution >= 0.6 is 11.6 Å². The summed E-state index contributed by atoms with van der Waals surface area (Å²) >= 11 is 5.72. The number of halogens is 1. The second-order valence-electron chi connectivity index (χ2n) is 3.20. The van der Waals surface area contributed by atoms with Crippen molar-refractivity contribution in [3.8, 4) is 6.19 Å². The molecule has 0 radical (unpaired) electrons. The van der Waals surface area contributed by atoms with Gasteiger partial charge in [0.1, 0.15) is 0 Å². The Kier molecular flexibility index (Phi) is 3.02. The van der Waals surface area contributed by atoms with Gasteiger partial charge in [-0.15, -0.1) is 11.6 Å². The minimum absolute atomic E-state index is 0.448. The summed E-state index contributed by atoms with van der Waals surface area (Å²) in [6.07, 6.45) is 5.54. The second-order valence-corrected chi connectivity index (χ2v) is 3.51. The Balaban J connectivity index is 2.36. The summed E-state index contributed by atoms with van der Waals surface area (Å²) in [5, 5.41) is 8.60. The van der Waals surface area contributed by atoms with Gasteiger partial charge in [-0.1, -0.05) is 0 Å². The summed E-state index contributed by atoms with van der Waals surface area (Å²) < 4.78 is 0. The normalized spacial score (nSPS) is 29.9. The predicted molar refractivity (Wildman–Crippen MR) is 45.2 cm³/mol. The number of alkyl halides is 1. The minimum Gasteiger partial charge on any atom is -0.311 e. The lowest BCUT2D eigenvalue weighted by atomic mass is 10.1. The van der Waals surface area contributed by atoms with Gasteiger partial charge in [0.25, 0.3) is 0 Å². The number of hydrogen-bond donors (Lipinski definition) is 0. The molecular formula is C8H13ClN2. The van der Waals surface area contributed by atoms with Crippen LogP contribution in [0, 0.1) is 17.4 Å². The third-order valence-corrected chi connectivity index (χ3v) is 2.87. The van der Waals surface area contributed by atoms with Crippen molar-refractivity contribution in [3.05, 3.63) is 0 Å². The fraction of sp³-hybridized carbons (Fsp3) is 0.875. The Morgan fingerprint density at radius 3 is 2.82 bits per heavy atom. The van der Waals surface area contributed by atoms with Gasteiger partial charge in [-0.05, 0) is 25.2 Å². The molecule has 2 unspecified atom stereocenters. The number of rotatable bonds is 2. The van der Waals surface area contributed by atoms with Gasteiger partial charge in [-0.2, -0.15) is 5.26 Å². The lowest BCUT2D eigenvalue weighted by molar-refractivity contribution is 0.341. The van der Waals surface area contributed by atoms with Gasteiger partial charge in [0.2, 0.25) is 0 Å². The Labute approximate surface area is 72.7 Å². The van der Waals surface area contributed by atoms with Gasteiger partial charge >= 0.3 is 0 Å². The van der Waals surface area contributed by atoms with E-state index in [1.807, 2.05) is 7.05 Å². The molecule has 2 atom stereocenters. The fourth-order valence-corrected chi connectivity index (χ4v) is 1.90. The van der Waals surface area contributed by atoms with E-state index in [-0.39, 0.29) is 0 Å². The maximum Gasteiger partial charge on any atom is 0.179 e. The average molecular weight is 173 g/mol. The van der Waals surface area contributed by atoms with Crippen molar-refractivity contribution in [2.45, 2.75) is 25.3 Å². The van der Waals surface area contributed by atoms with Gasteiger partial charge in [0.15, 0.2) is 6.19 Å². The third-order valence-electron chi connectivity index (χ3n) is 2.44. The van der Waals surface area contributed by atoms with Crippen LogP contribution in [0.3, 0.4) is 0 Å². The molecule has 0 N–H and O–H groups in total. The molecule has 1 aliphatic rings. The molecule has 0 bridgehead atoms. The molecule has 0 aromatic carbocycles. The van der Waals surface area contributed by atoms with Crippen LogP contribution in [0.2, 0.25) is 0 Å². The van der Waals surface area contributed by atoms with Crippen molar-refractivity contribution in [3.63, 3.8) is 0 Å². The molecule has 0 spiro atoms. The Hall–Kier alpha value is -0.420. The van der Waals surface area contributed by atoms with Crippen LogP contribution in [0.15, 0.2) is 0 Å². The molecule has 0 aliphatic heterocycles. The van der Waals surface area contributed by atoms with Crippen LogP contribution in [0.25, 0.3) is 0 Å². The van der Waals surface area contributed by atoms with Crippen molar-refractivity contribution in [1.82, 2.24) is 4.90 Å². The molecule has 0 amide bonds. The summed E-state index contributed by atoms with van der Waals surface area (Å²) in [4.78, 5) is 1.74. The van der Waals surface area contributed by atoms with Crippen molar-refractivity contribution in [2.75, 3.05) is 12.9 Å². The molecule has 0 aromatic heterocycles. The van der Waals surface area contributed by atoms with Gasteiger partial charge in [0, 0.05) is 19.0 Å². The molecule has 11 heavy (non-hydrogen) atoms. The van der Waals surface area contributed by atoms with Gasteiger partial charge in [-0.25, -0.2) is 0 Å². The zero-order valence-corrected chi connectivity index (χ0v) is 7.51. The van der Waals surface area contributed by atoms with E-state index in [9.17, 15) is 0 Å². The Bertz CT molecular complexity index is 164. The molecule has 62 valence electrons. The number of nitrogens with zero attached hydrogens (tertiary/aromatic N) is 2. The van der Waals surface area contributed by atoms with E-state index in [0.717, 1.165) is 18.7 Å². The monoisotopic (exact) mass is 172 g/mol. The van der Waals surface area contributed by atoms with Crippen LogP contribution in [-0.2, 0) is 0 Å². The van der Waals surface area contributed by atoms with E-state index in [1.54, 1.807) is 4.90 Å². The molecule has 1 fully saturated rings. The van der Waals surface area contributed by atoms with Crippen LogP contribution in [0.5, 0.6) is 0 Å². The Morgan fingerprint density at radius 2 is 2.36 bits per heavy atom. The van der Waals surface area contributed by atoms with Gasteiger partial charge < -0.3 is 4.90 Å². The molecule has 1 aliphatic carbocycles. The highest BCUT2D eigenvalue weighted by atomic mass is 35.5. The molecule has 0 aromatic rings. The second kappa shape index (κ2) is 3.82. The third kappa shape index (κ3) is 2.00. The molecule has 3 heteroatoms. The van der Waals surface area contributed by atoms with Gasteiger partial charge in [0.05, 0.1) is 0 Å². The highest BCUT2D eigenvalue weighted by molar-refractivity contribution is 6.18. The lowest BCUT2D eigenvalue weighted by Gasteiger charge is -2.17. The van der Waals surface area contributed by atoms with E-state index < -0.39 is 0 Å². The lowest BCUT2D eigenvalue weighted by Crippen LogP contribution is -2.24. The standard InChI is InChI=1S/C8H13ClN2/c1-11(6-10)8-3-2-7(4-8)5-9/h7-8H,2-5H2,1H3. The number of nitriles is 1. The largest absolute Gasteiger partial charge is 0.311 e. The van der Waals surface area contributed by atoms with Gasteiger partial charge in [-0.3, -0.25) is 0 Å². The highest BCUT2D eigenvalue weighted by Gasteiger charge is 2.26. The fourth-order valence-electron chi connectivity index (χ4n) is 1.62. The molecule has 1 rings (SSSR count). The van der Waals surface area contributed by atoms with Crippen LogP contribution in [0.1, 0.15) is 19.3 Å². The Morgan fingerprint density at radius 1 is 1.64 bits per heavy atom. The maximum atomic E-state index is 8.60. The van der Waals surface area contributed by atoms with E-state index in [1.165, 1.54) is 6.42 Å². The first-order chi connectivity index (χ1) is 5.27. The molecular weight excluding hydrogens is 160 g/mol. The van der Waals surface area contributed by atoms with E-state index in [0.29, 0.717) is 12.0 Å². The summed E-state index contributed by atoms with van der Waals surface area (Å²) in [6.45, 7) is 0. The first-order valence-electron chi connectivity index (χ1n) is 3.96. The molecule has 0 saturated heterocycles. The quantitative estimate of drug-likeness (QED) is 0.361. The van der Waals surface area contributed by atoms with Crippen molar-refractivity contribution in [2.24, 2.45) is 5.92 Å². The molecule has 1 saturated carbocycles. The maximum absolute atomic E-state index is 8.60. The van der Waals surface area contributed by atoms with Crippen molar-refractivity contribution in [1.29, 1.82) is 5.26 Å². The summed E-state index contributed by atoms with van der Waals surface area (Å²) in [5.41, 5.74) is 0. The zero-order chi connectivity index (χ0) is 8.27. The molecule has 2 nitrogen and oxygen atoms in total. The summed E-state index contributed by atoms with van der Waals surface area (Å²) in [5.74, 6) is 1.38. The summed E-state index contributed by atoms with van der Waals surface area (Å²) in [6, 6.07) is 0.448. The number of hydrogen-bond acceptors (Lipinski definition) is 2. The minimum atomic E-state index is 0.448. The van der Waals surface area contributed by atoms with Crippen molar-refractivity contribution < 1.29 is 0 Å². The van der Waals surface area contributed by atoms with Crippen LogP contribution < -0.4 is 0 Å². The summed E-state index contributed by atoms with van der Waals surface area (Å²) in [7, 11) is 1.85. The predicted octanol–water partition coefficient (Wildman–Crippen LogP) is 1.81. The smallest absolute Gasteiger partial charge is 0.179 e. The average Bonchev–Trinajstić information content (AvgIpc) is 2.50.